The molecule has 3 atom stereocenters. The van der Waals surface area contributed by atoms with Gasteiger partial charge >= 0.3 is 0 Å². The molecule has 0 aromatic heterocycles. The van der Waals surface area contributed by atoms with Crippen molar-refractivity contribution < 1.29 is 14.8 Å². The first-order valence-corrected chi connectivity index (χ1v) is 7.18. The average Bonchev–Trinajstić information content (AvgIpc) is 2.33. The van der Waals surface area contributed by atoms with Crippen LogP contribution in [0.3, 0.4) is 0 Å². The number of hydrogen-bond donors (Lipinski definition) is 1. The zero-order chi connectivity index (χ0) is 14.7. The summed E-state index contributed by atoms with van der Waals surface area (Å²) in [6.45, 7) is 5.46. The predicted octanol–water partition coefficient (Wildman–Crippen LogP) is 2.72. The minimum atomic E-state index is -1.08. The number of nitrogens with zero attached hydrogens (tertiary/aromatic N) is 1. The smallest absolute Gasteiger partial charge is 0.220 e. The molecule has 1 aliphatic rings. The van der Waals surface area contributed by atoms with Crippen molar-refractivity contribution >= 4 is 5.78 Å². The molecule has 0 aliphatic heterocycles. The second-order valence-corrected chi connectivity index (χ2v) is 6.08. The van der Waals surface area contributed by atoms with Crippen LogP contribution in [0.5, 0.6) is 0 Å². The number of aliphatic hydroxyl groups is 1. The largest absolute Gasteiger partial charge is 0.389 e. The molecule has 1 fully saturated rings. The maximum absolute atomic E-state index is 12.2. The molecule has 5 heteroatoms. The van der Waals surface area contributed by atoms with Crippen molar-refractivity contribution in [1.82, 2.24) is 0 Å². The SMILES string of the molecule is CCCC(=O)[C@@H]1C[C@](C)([N+](=O)[O-])CC[C@]1(O)CCC. The summed E-state index contributed by atoms with van der Waals surface area (Å²) in [6.07, 6.45) is 3.28. The number of carbonyl (C=O) groups excluding carboxylic acids is 1. The fraction of sp³-hybridized carbons (Fsp3) is 0.929. The van der Waals surface area contributed by atoms with E-state index in [4.69, 9.17) is 0 Å². The van der Waals surface area contributed by atoms with Crippen LogP contribution in [-0.4, -0.2) is 27.0 Å². The fourth-order valence-electron chi connectivity index (χ4n) is 3.12. The van der Waals surface area contributed by atoms with Crippen LogP contribution in [0.15, 0.2) is 0 Å². The van der Waals surface area contributed by atoms with Crippen LogP contribution in [-0.2, 0) is 4.79 Å². The van der Waals surface area contributed by atoms with E-state index in [1.54, 1.807) is 6.92 Å². The average molecular weight is 271 g/mol. The van der Waals surface area contributed by atoms with E-state index in [1.807, 2.05) is 13.8 Å². The normalized spacial score (nSPS) is 35.1. The number of nitro groups is 1. The number of hydrogen-bond acceptors (Lipinski definition) is 4. The number of ketones is 1. The minimum Gasteiger partial charge on any atom is -0.389 e. The highest BCUT2D eigenvalue weighted by atomic mass is 16.6. The molecule has 0 bridgehead atoms. The summed E-state index contributed by atoms with van der Waals surface area (Å²) < 4.78 is 0. The van der Waals surface area contributed by atoms with E-state index in [-0.39, 0.29) is 17.1 Å². The third-order valence-corrected chi connectivity index (χ3v) is 4.40. The summed E-state index contributed by atoms with van der Waals surface area (Å²) in [7, 11) is 0. The predicted molar refractivity (Wildman–Crippen MR) is 72.5 cm³/mol. The van der Waals surface area contributed by atoms with E-state index in [1.165, 1.54) is 0 Å². The van der Waals surface area contributed by atoms with Crippen molar-refractivity contribution in [3.63, 3.8) is 0 Å². The Morgan fingerprint density at radius 3 is 2.47 bits per heavy atom. The maximum Gasteiger partial charge on any atom is 0.220 e. The van der Waals surface area contributed by atoms with E-state index in [0.717, 1.165) is 6.42 Å². The molecular weight excluding hydrogens is 246 g/mol. The third kappa shape index (κ3) is 3.32. The van der Waals surface area contributed by atoms with Crippen molar-refractivity contribution in [2.24, 2.45) is 5.92 Å². The molecule has 0 amide bonds. The zero-order valence-corrected chi connectivity index (χ0v) is 12.1. The standard InChI is InChI=1S/C14H25NO4/c1-4-6-12(16)11-10-13(3,15(18)19)8-9-14(11,17)7-5-2/h11,17H,4-10H2,1-3H3/t11-,13+,14+/m0/s1. The molecule has 110 valence electrons. The summed E-state index contributed by atoms with van der Waals surface area (Å²) in [5.41, 5.74) is -2.12. The lowest BCUT2D eigenvalue weighted by molar-refractivity contribution is -0.573. The Hall–Kier alpha value is -0.970. The van der Waals surface area contributed by atoms with Gasteiger partial charge in [-0.2, -0.15) is 0 Å². The van der Waals surface area contributed by atoms with Gasteiger partial charge in [-0.3, -0.25) is 14.9 Å². The van der Waals surface area contributed by atoms with Gasteiger partial charge in [0.2, 0.25) is 5.54 Å². The molecule has 0 unspecified atom stereocenters. The molecule has 1 N–H and O–H groups in total. The Morgan fingerprint density at radius 1 is 1.37 bits per heavy atom. The van der Waals surface area contributed by atoms with Gasteiger partial charge in [-0.05, 0) is 19.3 Å². The summed E-state index contributed by atoms with van der Waals surface area (Å²) in [6, 6.07) is 0. The molecular formula is C14H25NO4. The Morgan fingerprint density at radius 2 is 2.00 bits per heavy atom. The summed E-state index contributed by atoms with van der Waals surface area (Å²) in [5, 5.41) is 21.9. The molecule has 1 saturated carbocycles. The van der Waals surface area contributed by atoms with Crippen molar-refractivity contribution in [1.29, 1.82) is 0 Å². The van der Waals surface area contributed by atoms with Gasteiger partial charge in [-0.25, -0.2) is 0 Å². The molecule has 19 heavy (non-hydrogen) atoms. The summed E-state index contributed by atoms with van der Waals surface area (Å²) >= 11 is 0. The molecule has 1 rings (SSSR count). The lowest BCUT2D eigenvalue weighted by Gasteiger charge is -2.43. The fourth-order valence-corrected chi connectivity index (χ4v) is 3.12. The number of rotatable bonds is 6. The Bertz CT molecular complexity index is 357. The van der Waals surface area contributed by atoms with Gasteiger partial charge in [0.05, 0.1) is 11.5 Å². The minimum absolute atomic E-state index is 0.0220. The van der Waals surface area contributed by atoms with Gasteiger partial charge in [0.1, 0.15) is 5.78 Å². The monoisotopic (exact) mass is 271 g/mol. The first-order chi connectivity index (χ1) is 8.79. The van der Waals surface area contributed by atoms with Crippen LogP contribution in [0.25, 0.3) is 0 Å². The van der Waals surface area contributed by atoms with Crippen molar-refractivity contribution in [3.05, 3.63) is 10.1 Å². The molecule has 1 aliphatic carbocycles. The summed E-state index contributed by atoms with van der Waals surface area (Å²) in [5.74, 6) is -0.609. The molecule has 0 saturated heterocycles. The van der Waals surface area contributed by atoms with Gasteiger partial charge in [0.15, 0.2) is 0 Å². The molecule has 0 aromatic rings. The van der Waals surface area contributed by atoms with Gasteiger partial charge in [0.25, 0.3) is 0 Å². The van der Waals surface area contributed by atoms with Crippen molar-refractivity contribution in [2.45, 2.75) is 76.9 Å². The molecule has 0 radical (unpaired) electrons. The van der Waals surface area contributed by atoms with E-state index >= 15 is 0 Å². The van der Waals surface area contributed by atoms with Crippen molar-refractivity contribution in [2.75, 3.05) is 0 Å². The maximum atomic E-state index is 12.2. The van der Waals surface area contributed by atoms with Gasteiger partial charge in [-0.15, -0.1) is 0 Å². The van der Waals surface area contributed by atoms with Gasteiger partial charge in [0, 0.05) is 31.1 Å². The van der Waals surface area contributed by atoms with Crippen molar-refractivity contribution in [3.8, 4) is 0 Å². The number of Topliss-reactive ketones (excluding diaryl/α,β-unsaturated/α-hetero) is 1. The highest BCUT2D eigenvalue weighted by Gasteiger charge is 2.54. The van der Waals surface area contributed by atoms with Crippen LogP contribution >= 0.6 is 0 Å². The van der Waals surface area contributed by atoms with E-state index in [0.29, 0.717) is 32.1 Å². The molecule has 0 aromatic carbocycles. The van der Waals surface area contributed by atoms with Crippen LogP contribution < -0.4 is 0 Å². The first-order valence-electron chi connectivity index (χ1n) is 7.18. The lowest BCUT2D eigenvalue weighted by Crippen LogP contribution is -2.54. The lowest BCUT2D eigenvalue weighted by atomic mass is 9.64. The van der Waals surface area contributed by atoms with Crippen LogP contribution in [0.4, 0.5) is 0 Å². The topological polar surface area (TPSA) is 80.4 Å². The van der Waals surface area contributed by atoms with E-state index in [2.05, 4.69) is 0 Å². The quantitative estimate of drug-likeness (QED) is 0.595. The Kier molecular flexibility index (Phi) is 5.07. The molecule has 0 spiro atoms. The van der Waals surface area contributed by atoms with Crippen LogP contribution in [0, 0.1) is 16.0 Å². The van der Waals surface area contributed by atoms with Gasteiger partial charge in [-0.1, -0.05) is 20.3 Å². The van der Waals surface area contributed by atoms with Crippen LogP contribution in [0.2, 0.25) is 0 Å². The molecule has 5 nitrogen and oxygen atoms in total. The summed E-state index contributed by atoms with van der Waals surface area (Å²) in [4.78, 5) is 23.1. The third-order valence-electron chi connectivity index (χ3n) is 4.40. The Balaban J connectivity index is 2.98. The van der Waals surface area contributed by atoms with E-state index in [9.17, 15) is 20.0 Å². The Labute approximate surface area is 114 Å². The molecule has 0 heterocycles. The highest BCUT2D eigenvalue weighted by Crippen LogP contribution is 2.44. The van der Waals surface area contributed by atoms with Crippen LogP contribution in [0.1, 0.15) is 65.7 Å². The zero-order valence-electron chi connectivity index (χ0n) is 12.1. The van der Waals surface area contributed by atoms with Gasteiger partial charge < -0.3 is 5.11 Å². The first kappa shape index (κ1) is 16.1. The second-order valence-electron chi connectivity index (χ2n) is 6.08. The highest BCUT2D eigenvalue weighted by molar-refractivity contribution is 5.82. The number of carbonyl (C=O) groups is 1. The second kappa shape index (κ2) is 5.99. The van der Waals surface area contributed by atoms with E-state index < -0.39 is 17.1 Å².